The van der Waals surface area contributed by atoms with Crippen LogP contribution in [0.3, 0.4) is 0 Å². The van der Waals surface area contributed by atoms with Crippen LogP contribution in [0.1, 0.15) is 23.2 Å². The fourth-order valence-electron chi connectivity index (χ4n) is 4.18. The summed E-state index contributed by atoms with van der Waals surface area (Å²) in [5, 5.41) is 5.82. The Hall–Kier alpha value is -3.57. The maximum absolute atomic E-state index is 13.2. The molecule has 0 unspecified atom stereocenters. The van der Waals surface area contributed by atoms with E-state index in [1.54, 1.807) is 49.5 Å². The second-order valence-electron chi connectivity index (χ2n) is 8.58. The summed E-state index contributed by atoms with van der Waals surface area (Å²) in [6.07, 6.45) is -3.65. The summed E-state index contributed by atoms with van der Waals surface area (Å²) in [5.74, 6) is -0.504. The molecule has 0 radical (unpaired) electrons. The molecule has 11 heteroatoms. The molecule has 0 saturated carbocycles. The Morgan fingerprint density at radius 2 is 1.59 bits per heavy atom. The van der Waals surface area contributed by atoms with E-state index in [4.69, 9.17) is 0 Å². The molecule has 7 nitrogen and oxygen atoms in total. The lowest BCUT2D eigenvalue weighted by molar-refractivity contribution is -0.274. The smallest absolute Gasteiger partial charge is 0.406 e. The van der Waals surface area contributed by atoms with Crippen molar-refractivity contribution in [3.63, 3.8) is 0 Å². The minimum atomic E-state index is -4.74. The van der Waals surface area contributed by atoms with Crippen LogP contribution in [-0.4, -0.2) is 51.2 Å². The topological polar surface area (TPSA) is 87.7 Å². The lowest BCUT2D eigenvalue weighted by atomic mass is 10.0. The number of carbonyl (C=O) groups excluding carboxylic acids is 1. The monoisotopic (exact) mass is 533 g/mol. The molecule has 1 heterocycles. The SMILES string of the molecule is CNC(=O)c1cccc(-c2ccc(S(=O)(=O)N3CCC(Nc4ccc(OC(F)(F)F)cc4)CC3)cc2)c1. The zero-order valence-corrected chi connectivity index (χ0v) is 20.8. The van der Waals surface area contributed by atoms with Gasteiger partial charge >= 0.3 is 6.36 Å². The van der Waals surface area contributed by atoms with Gasteiger partial charge < -0.3 is 15.4 Å². The van der Waals surface area contributed by atoms with Crippen LogP contribution < -0.4 is 15.4 Å². The summed E-state index contributed by atoms with van der Waals surface area (Å²) >= 11 is 0. The van der Waals surface area contributed by atoms with Crippen LogP contribution >= 0.6 is 0 Å². The number of piperidine rings is 1. The third kappa shape index (κ3) is 6.60. The third-order valence-corrected chi connectivity index (χ3v) is 8.00. The molecule has 3 aromatic rings. The number of ether oxygens (including phenoxy) is 1. The normalized spacial score (nSPS) is 15.2. The molecule has 1 amide bonds. The number of sulfonamides is 1. The highest BCUT2D eigenvalue weighted by Gasteiger charge is 2.31. The van der Waals surface area contributed by atoms with Crippen LogP contribution in [0, 0.1) is 0 Å². The van der Waals surface area contributed by atoms with Gasteiger partial charge in [-0.3, -0.25) is 4.79 Å². The Labute approximate surface area is 213 Å². The lowest BCUT2D eigenvalue weighted by Gasteiger charge is -2.32. The van der Waals surface area contributed by atoms with Gasteiger partial charge in [0.1, 0.15) is 5.75 Å². The number of halogens is 3. The Balaban J connectivity index is 1.36. The van der Waals surface area contributed by atoms with Gasteiger partial charge in [0.15, 0.2) is 0 Å². The number of hydrogen-bond acceptors (Lipinski definition) is 5. The van der Waals surface area contributed by atoms with Gasteiger partial charge in [0, 0.05) is 37.4 Å². The van der Waals surface area contributed by atoms with Gasteiger partial charge in [-0.15, -0.1) is 13.2 Å². The maximum Gasteiger partial charge on any atom is 0.573 e. The number of alkyl halides is 3. The zero-order chi connectivity index (χ0) is 26.6. The van der Waals surface area contributed by atoms with Gasteiger partial charge in [0.05, 0.1) is 4.90 Å². The number of anilines is 1. The molecule has 0 aromatic heterocycles. The minimum absolute atomic E-state index is 0.0178. The van der Waals surface area contributed by atoms with Crippen molar-refractivity contribution in [2.24, 2.45) is 0 Å². The minimum Gasteiger partial charge on any atom is -0.406 e. The molecule has 0 spiro atoms. The molecule has 0 atom stereocenters. The van der Waals surface area contributed by atoms with Crippen molar-refractivity contribution in [1.29, 1.82) is 0 Å². The van der Waals surface area contributed by atoms with E-state index in [0.29, 0.717) is 37.2 Å². The number of nitrogens with zero attached hydrogens (tertiary/aromatic N) is 1. The molecular formula is C26H26F3N3O4S. The predicted molar refractivity (Wildman–Crippen MR) is 134 cm³/mol. The number of benzene rings is 3. The number of hydrogen-bond donors (Lipinski definition) is 2. The summed E-state index contributed by atoms with van der Waals surface area (Å²) in [6.45, 7) is 0.621. The van der Waals surface area contributed by atoms with E-state index in [0.717, 1.165) is 11.1 Å². The number of rotatable bonds is 7. The first-order valence-corrected chi connectivity index (χ1v) is 13.0. The largest absolute Gasteiger partial charge is 0.573 e. The Morgan fingerprint density at radius 1 is 0.946 bits per heavy atom. The third-order valence-electron chi connectivity index (χ3n) is 6.09. The van der Waals surface area contributed by atoms with Gasteiger partial charge in [-0.2, -0.15) is 4.31 Å². The molecule has 2 N–H and O–H groups in total. The summed E-state index contributed by atoms with van der Waals surface area (Å²) in [4.78, 5) is 12.1. The fraction of sp³-hybridized carbons (Fsp3) is 0.269. The average Bonchev–Trinajstić information content (AvgIpc) is 2.89. The second-order valence-corrected chi connectivity index (χ2v) is 10.5. The van der Waals surface area contributed by atoms with Crippen LogP contribution in [0.5, 0.6) is 5.75 Å². The van der Waals surface area contributed by atoms with E-state index < -0.39 is 16.4 Å². The van der Waals surface area contributed by atoms with Crippen molar-refractivity contribution in [2.75, 3.05) is 25.5 Å². The molecule has 1 aliphatic heterocycles. The van der Waals surface area contributed by atoms with Gasteiger partial charge in [-0.05, 0) is 72.5 Å². The van der Waals surface area contributed by atoms with E-state index in [1.165, 1.54) is 28.6 Å². The molecule has 196 valence electrons. The first-order valence-electron chi connectivity index (χ1n) is 11.6. The first-order chi connectivity index (χ1) is 17.5. The van der Waals surface area contributed by atoms with E-state index in [2.05, 4.69) is 15.4 Å². The van der Waals surface area contributed by atoms with Crippen LogP contribution in [0.25, 0.3) is 11.1 Å². The highest BCUT2D eigenvalue weighted by Crippen LogP contribution is 2.28. The van der Waals surface area contributed by atoms with Crippen molar-refractivity contribution in [1.82, 2.24) is 9.62 Å². The predicted octanol–water partition coefficient (Wildman–Crippen LogP) is 4.88. The Morgan fingerprint density at radius 3 is 2.19 bits per heavy atom. The number of amides is 1. The van der Waals surface area contributed by atoms with Crippen LogP contribution in [0.2, 0.25) is 0 Å². The summed E-state index contributed by atoms with van der Waals surface area (Å²) < 4.78 is 68.6. The van der Waals surface area contributed by atoms with Crippen LogP contribution in [0.4, 0.5) is 18.9 Å². The molecule has 0 bridgehead atoms. The van der Waals surface area contributed by atoms with Crippen molar-refractivity contribution in [3.8, 4) is 16.9 Å². The van der Waals surface area contributed by atoms with Crippen molar-refractivity contribution in [2.45, 2.75) is 30.1 Å². The van der Waals surface area contributed by atoms with Gasteiger partial charge in [-0.25, -0.2) is 8.42 Å². The molecule has 0 aliphatic carbocycles. The van der Waals surface area contributed by atoms with E-state index in [1.807, 2.05) is 6.07 Å². The maximum atomic E-state index is 13.2. The zero-order valence-electron chi connectivity index (χ0n) is 20.0. The molecule has 1 aliphatic rings. The van der Waals surface area contributed by atoms with Crippen molar-refractivity contribution >= 4 is 21.6 Å². The van der Waals surface area contributed by atoms with Crippen LogP contribution in [-0.2, 0) is 10.0 Å². The van der Waals surface area contributed by atoms with Gasteiger partial charge in [-0.1, -0.05) is 24.3 Å². The van der Waals surface area contributed by atoms with E-state index >= 15 is 0 Å². The Bertz CT molecular complexity index is 1340. The van der Waals surface area contributed by atoms with Crippen molar-refractivity contribution in [3.05, 3.63) is 78.4 Å². The fourth-order valence-corrected chi connectivity index (χ4v) is 5.65. The quantitative estimate of drug-likeness (QED) is 0.452. The number of carbonyl (C=O) groups is 1. The standard InChI is InChI=1S/C26H26F3N3O4S/c1-30-25(33)20-4-2-3-19(17-20)18-5-11-24(12-6-18)37(34,35)32-15-13-22(14-16-32)31-21-7-9-23(10-8-21)36-26(27,28)29/h2-12,17,22,31H,13-16H2,1H3,(H,30,33). The Kier molecular flexibility index (Phi) is 7.74. The second kappa shape index (κ2) is 10.8. The average molecular weight is 534 g/mol. The van der Waals surface area contributed by atoms with E-state index in [9.17, 15) is 26.4 Å². The van der Waals surface area contributed by atoms with Gasteiger partial charge in [0.2, 0.25) is 10.0 Å². The molecular weight excluding hydrogens is 507 g/mol. The van der Waals surface area contributed by atoms with Crippen molar-refractivity contribution < 1.29 is 31.1 Å². The molecule has 3 aromatic carbocycles. The molecule has 4 rings (SSSR count). The lowest BCUT2D eigenvalue weighted by Crippen LogP contribution is -2.42. The summed E-state index contributed by atoms with van der Waals surface area (Å²) in [5.41, 5.74) is 2.74. The summed E-state index contributed by atoms with van der Waals surface area (Å²) in [7, 11) is -2.13. The summed E-state index contributed by atoms with van der Waals surface area (Å²) in [6, 6.07) is 19.1. The van der Waals surface area contributed by atoms with Crippen LogP contribution in [0.15, 0.2) is 77.7 Å². The molecule has 1 saturated heterocycles. The molecule has 37 heavy (non-hydrogen) atoms. The molecule has 1 fully saturated rings. The highest BCUT2D eigenvalue weighted by atomic mass is 32.2. The highest BCUT2D eigenvalue weighted by molar-refractivity contribution is 7.89. The van der Waals surface area contributed by atoms with Gasteiger partial charge in [0.25, 0.3) is 5.91 Å². The number of nitrogens with one attached hydrogen (secondary N) is 2. The van der Waals surface area contributed by atoms with E-state index in [-0.39, 0.29) is 22.6 Å². The first kappa shape index (κ1) is 26.5.